The predicted molar refractivity (Wildman–Crippen MR) is 75.1 cm³/mol. The number of nitrogens with zero attached hydrogens (tertiary/aromatic N) is 1. The Balaban J connectivity index is 1.84. The Labute approximate surface area is 109 Å². The second kappa shape index (κ2) is 4.27. The lowest BCUT2D eigenvalue weighted by atomic mass is 9.82. The van der Waals surface area contributed by atoms with Crippen molar-refractivity contribution in [1.29, 1.82) is 0 Å². The first-order valence-electron chi connectivity index (χ1n) is 7.51. The third-order valence-electron chi connectivity index (χ3n) is 5.08. The van der Waals surface area contributed by atoms with Gasteiger partial charge in [-0.2, -0.15) is 0 Å². The van der Waals surface area contributed by atoms with Gasteiger partial charge in [0.05, 0.1) is 0 Å². The standard InChI is InChI=1S/C16H22N2/c1-4-12-10-17-8-3-9-18-11-13-5-2-6-14(13)15(7-1)16(12)18/h1,4,7,13-14,17H,2-3,5-6,8-11H2. The van der Waals surface area contributed by atoms with Crippen LogP contribution in [0.2, 0.25) is 0 Å². The van der Waals surface area contributed by atoms with Gasteiger partial charge < -0.3 is 10.2 Å². The molecule has 1 saturated carbocycles. The SMILES string of the molecule is c1cc2c3c(c1)C1CCCC1CN3CCCNC2. The highest BCUT2D eigenvalue weighted by Gasteiger charge is 2.37. The molecule has 0 amide bonds. The number of para-hydroxylation sites is 1. The van der Waals surface area contributed by atoms with Gasteiger partial charge in [-0.05, 0) is 48.8 Å². The maximum atomic E-state index is 3.57. The van der Waals surface area contributed by atoms with E-state index in [1.165, 1.54) is 44.3 Å². The van der Waals surface area contributed by atoms with E-state index in [1.54, 1.807) is 11.3 Å². The summed E-state index contributed by atoms with van der Waals surface area (Å²) in [6, 6.07) is 6.99. The Bertz CT molecular complexity index is 454. The van der Waals surface area contributed by atoms with Crippen LogP contribution in [-0.2, 0) is 6.54 Å². The van der Waals surface area contributed by atoms with E-state index in [2.05, 4.69) is 28.4 Å². The van der Waals surface area contributed by atoms with Gasteiger partial charge >= 0.3 is 0 Å². The summed E-state index contributed by atoms with van der Waals surface area (Å²) in [5.41, 5.74) is 4.77. The zero-order chi connectivity index (χ0) is 11.9. The van der Waals surface area contributed by atoms with Crippen molar-refractivity contribution in [2.75, 3.05) is 24.5 Å². The molecule has 0 spiro atoms. The van der Waals surface area contributed by atoms with Crippen molar-refractivity contribution >= 4 is 5.69 Å². The minimum Gasteiger partial charge on any atom is -0.371 e. The molecule has 0 bridgehead atoms. The number of nitrogens with one attached hydrogen (secondary N) is 1. The zero-order valence-corrected chi connectivity index (χ0v) is 11.0. The van der Waals surface area contributed by atoms with Gasteiger partial charge in [0.2, 0.25) is 0 Å². The van der Waals surface area contributed by atoms with Crippen LogP contribution in [0, 0.1) is 5.92 Å². The number of rotatable bonds is 0. The molecule has 3 aliphatic rings. The van der Waals surface area contributed by atoms with Gasteiger partial charge in [0.25, 0.3) is 0 Å². The van der Waals surface area contributed by atoms with Crippen molar-refractivity contribution in [3.8, 4) is 0 Å². The molecule has 4 rings (SSSR count). The number of benzene rings is 1. The monoisotopic (exact) mass is 242 g/mol. The van der Waals surface area contributed by atoms with E-state index < -0.39 is 0 Å². The van der Waals surface area contributed by atoms with Crippen LogP contribution >= 0.6 is 0 Å². The molecule has 1 N–H and O–H groups in total. The molecule has 2 unspecified atom stereocenters. The number of anilines is 1. The third kappa shape index (κ3) is 1.58. The van der Waals surface area contributed by atoms with Gasteiger partial charge in [-0.1, -0.05) is 24.6 Å². The summed E-state index contributed by atoms with van der Waals surface area (Å²) in [6.45, 7) is 4.76. The minimum absolute atomic E-state index is 0.857. The topological polar surface area (TPSA) is 15.3 Å². The van der Waals surface area contributed by atoms with Crippen LogP contribution in [0.5, 0.6) is 0 Å². The van der Waals surface area contributed by atoms with Crippen molar-refractivity contribution in [3.63, 3.8) is 0 Å². The molecule has 0 aromatic heterocycles. The highest BCUT2D eigenvalue weighted by Crippen LogP contribution is 2.48. The molecule has 0 radical (unpaired) electrons. The van der Waals surface area contributed by atoms with E-state index in [9.17, 15) is 0 Å². The van der Waals surface area contributed by atoms with Crippen molar-refractivity contribution < 1.29 is 0 Å². The number of hydrogen-bond donors (Lipinski definition) is 1. The van der Waals surface area contributed by atoms with E-state index in [0.717, 1.165) is 24.9 Å². The molecule has 2 heterocycles. The van der Waals surface area contributed by atoms with E-state index in [4.69, 9.17) is 0 Å². The normalized spacial score (nSPS) is 30.3. The first-order chi connectivity index (χ1) is 8.93. The number of hydrogen-bond acceptors (Lipinski definition) is 2. The van der Waals surface area contributed by atoms with Crippen molar-refractivity contribution in [3.05, 3.63) is 29.3 Å². The summed E-state index contributed by atoms with van der Waals surface area (Å²) >= 11 is 0. The molecule has 96 valence electrons. The zero-order valence-electron chi connectivity index (χ0n) is 11.0. The molecule has 2 atom stereocenters. The maximum absolute atomic E-state index is 3.57. The van der Waals surface area contributed by atoms with Crippen LogP contribution in [-0.4, -0.2) is 19.6 Å². The Morgan fingerprint density at radius 1 is 1.17 bits per heavy atom. The fourth-order valence-electron chi connectivity index (χ4n) is 4.30. The van der Waals surface area contributed by atoms with Gasteiger partial charge in [0, 0.05) is 25.3 Å². The van der Waals surface area contributed by atoms with Crippen LogP contribution in [0.15, 0.2) is 18.2 Å². The van der Waals surface area contributed by atoms with Gasteiger partial charge in [0.1, 0.15) is 0 Å². The molecule has 2 aliphatic heterocycles. The number of fused-ring (bicyclic) bond motifs is 2. The summed E-state index contributed by atoms with van der Waals surface area (Å²) in [6.07, 6.45) is 5.59. The summed E-state index contributed by atoms with van der Waals surface area (Å²) in [5.74, 6) is 1.79. The summed E-state index contributed by atoms with van der Waals surface area (Å²) in [7, 11) is 0. The second-order valence-electron chi connectivity index (χ2n) is 6.13. The summed E-state index contributed by atoms with van der Waals surface area (Å²) in [4.78, 5) is 2.69. The molecule has 2 nitrogen and oxygen atoms in total. The maximum Gasteiger partial charge on any atom is 0.0447 e. The third-order valence-corrected chi connectivity index (χ3v) is 5.08. The van der Waals surface area contributed by atoms with Crippen LogP contribution in [0.25, 0.3) is 0 Å². The van der Waals surface area contributed by atoms with Crippen molar-refractivity contribution in [2.45, 2.75) is 38.1 Å². The fraction of sp³-hybridized carbons (Fsp3) is 0.625. The predicted octanol–water partition coefficient (Wildman–Crippen LogP) is 2.88. The average molecular weight is 242 g/mol. The Morgan fingerprint density at radius 3 is 3.17 bits per heavy atom. The quantitative estimate of drug-likeness (QED) is 0.752. The highest BCUT2D eigenvalue weighted by molar-refractivity contribution is 5.63. The van der Waals surface area contributed by atoms with Crippen molar-refractivity contribution in [2.24, 2.45) is 5.92 Å². The summed E-state index contributed by atoms with van der Waals surface area (Å²) in [5, 5.41) is 3.57. The van der Waals surface area contributed by atoms with Crippen molar-refractivity contribution in [1.82, 2.24) is 5.32 Å². The van der Waals surface area contributed by atoms with Crippen LogP contribution in [0.4, 0.5) is 5.69 Å². The molecule has 1 aromatic rings. The lowest BCUT2D eigenvalue weighted by Gasteiger charge is -2.41. The van der Waals surface area contributed by atoms with Gasteiger partial charge in [-0.25, -0.2) is 0 Å². The van der Waals surface area contributed by atoms with E-state index >= 15 is 0 Å². The lowest BCUT2D eigenvalue weighted by molar-refractivity contribution is 0.443. The molecule has 2 heteroatoms. The average Bonchev–Trinajstić information content (AvgIpc) is 2.83. The summed E-state index contributed by atoms with van der Waals surface area (Å²) < 4.78 is 0. The molecule has 1 aliphatic carbocycles. The second-order valence-corrected chi connectivity index (χ2v) is 6.13. The van der Waals surface area contributed by atoms with Crippen LogP contribution < -0.4 is 10.2 Å². The lowest BCUT2D eigenvalue weighted by Crippen LogP contribution is -2.40. The first-order valence-corrected chi connectivity index (χ1v) is 7.51. The molecular weight excluding hydrogens is 220 g/mol. The largest absolute Gasteiger partial charge is 0.371 e. The Morgan fingerprint density at radius 2 is 2.17 bits per heavy atom. The molecule has 18 heavy (non-hydrogen) atoms. The molecular formula is C16H22N2. The van der Waals surface area contributed by atoms with Crippen LogP contribution in [0.1, 0.15) is 42.7 Å². The molecule has 1 aromatic carbocycles. The molecule has 1 fully saturated rings. The van der Waals surface area contributed by atoms with Gasteiger partial charge in [-0.15, -0.1) is 0 Å². The van der Waals surface area contributed by atoms with E-state index in [-0.39, 0.29) is 0 Å². The fourth-order valence-corrected chi connectivity index (χ4v) is 4.30. The van der Waals surface area contributed by atoms with E-state index in [1.807, 2.05) is 0 Å². The van der Waals surface area contributed by atoms with Gasteiger partial charge in [0.15, 0.2) is 0 Å². The first kappa shape index (κ1) is 10.9. The van der Waals surface area contributed by atoms with Crippen LogP contribution in [0.3, 0.4) is 0 Å². The van der Waals surface area contributed by atoms with Gasteiger partial charge in [-0.3, -0.25) is 0 Å². The Kier molecular flexibility index (Phi) is 2.58. The highest BCUT2D eigenvalue weighted by atomic mass is 15.2. The molecule has 0 saturated heterocycles. The minimum atomic E-state index is 0.857. The smallest absolute Gasteiger partial charge is 0.0447 e. The van der Waals surface area contributed by atoms with E-state index in [0.29, 0.717) is 0 Å². The Hall–Kier alpha value is -1.02.